The van der Waals surface area contributed by atoms with Crippen LogP contribution in [0, 0.1) is 0 Å². The van der Waals surface area contributed by atoms with E-state index in [0.717, 1.165) is 17.9 Å². The summed E-state index contributed by atoms with van der Waals surface area (Å²) in [4.78, 5) is 8.68. The highest BCUT2D eigenvalue weighted by atomic mass is 14.9. The Morgan fingerprint density at radius 1 is 1.23 bits per heavy atom. The Labute approximate surface area is 79.6 Å². The molecule has 0 aliphatic carbocycles. The van der Waals surface area contributed by atoms with Crippen LogP contribution in [0.25, 0.3) is 0 Å². The van der Waals surface area contributed by atoms with Crippen LogP contribution in [-0.2, 0) is 12.0 Å². The lowest BCUT2D eigenvalue weighted by Crippen LogP contribution is -2.15. The summed E-state index contributed by atoms with van der Waals surface area (Å²) in [5, 5.41) is 3.04. The molecular weight excluding hydrogens is 162 g/mol. The van der Waals surface area contributed by atoms with Gasteiger partial charge in [-0.25, -0.2) is 0 Å². The number of aromatic nitrogens is 2. The van der Waals surface area contributed by atoms with E-state index in [4.69, 9.17) is 0 Å². The van der Waals surface area contributed by atoms with Crippen molar-refractivity contribution >= 4 is 0 Å². The Morgan fingerprint density at radius 3 is 2.31 bits per heavy atom. The van der Waals surface area contributed by atoms with Crippen molar-refractivity contribution in [2.45, 2.75) is 32.7 Å². The maximum atomic E-state index is 4.37. The van der Waals surface area contributed by atoms with Crippen molar-refractivity contribution in [2.75, 3.05) is 7.05 Å². The van der Waals surface area contributed by atoms with E-state index in [1.165, 1.54) is 0 Å². The van der Waals surface area contributed by atoms with Crippen LogP contribution in [0.5, 0.6) is 0 Å². The Kier molecular flexibility index (Phi) is 2.98. The molecule has 0 spiro atoms. The molecular formula is C10H17N3. The summed E-state index contributed by atoms with van der Waals surface area (Å²) in [6, 6.07) is 0. The van der Waals surface area contributed by atoms with Gasteiger partial charge in [0.05, 0.1) is 17.6 Å². The molecule has 1 heterocycles. The number of nitrogens with one attached hydrogen (secondary N) is 1. The maximum Gasteiger partial charge on any atom is 0.0724 e. The van der Waals surface area contributed by atoms with Gasteiger partial charge in [0.2, 0.25) is 0 Å². The SMILES string of the molecule is CNCc1cnc(C(C)(C)C)cn1. The summed E-state index contributed by atoms with van der Waals surface area (Å²) in [6.45, 7) is 7.18. The molecule has 0 atom stereocenters. The molecule has 0 saturated heterocycles. The molecule has 1 aromatic heterocycles. The van der Waals surface area contributed by atoms with E-state index in [1.54, 1.807) is 0 Å². The van der Waals surface area contributed by atoms with Crippen molar-refractivity contribution in [3.63, 3.8) is 0 Å². The van der Waals surface area contributed by atoms with Gasteiger partial charge in [0, 0.05) is 18.2 Å². The van der Waals surface area contributed by atoms with E-state index in [9.17, 15) is 0 Å². The molecule has 0 bridgehead atoms. The average molecular weight is 179 g/mol. The molecule has 3 nitrogen and oxygen atoms in total. The second-order valence-corrected chi connectivity index (χ2v) is 4.17. The number of nitrogens with zero attached hydrogens (tertiary/aromatic N) is 2. The second kappa shape index (κ2) is 3.83. The molecule has 72 valence electrons. The highest BCUT2D eigenvalue weighted by Gasteiger charge is 2.15. The highest BCUT2D eigenvalue weighted by Crippen LogP contribution is 2.18. The molecule has 1 aromatic rings. The lowest BCUT2D eigenvalue weighted by molar-refractivity contribution is 0.563. The minimum Gasteiger partial charge on any atom is -0.314 e. The van der Waals surface area contributed by atoms with Gasteiger partial charge in [0.15, 0.2) is 0 Å². The fourth-order valence-corrected chi connectivity index (χ4v) is 1.01. The quantitative estimate of drug-likeness (QED) is 0.747. The zero-order chi connectivity index (χ0) is 9.90. The monoisotopic (exact) mass is 179 g/mol. The maximum absolute atomic E-state index is 4.37. The largest absolute Gasteiger partial charge is 0.314 e. The molecule has 1 N–H and O–H groups in total. The van der Waals surface area contributed by atoms with E-state index >= 15 is 0 Å². The molecule has 0 aliphatic heterocycles. The van der Waals surface area contributed by atoms with Gasteiger partial charge < -0.3 is 5.32 Å². The van der Waals surface area contributed by atoms with Crippen LogP contribution in [0.15, 0.2) is 12.4 Å². The lowest BCUT2D eigenvalue weighted by Gasteiger charge is -2.16. The smallest absolute Gasteiger partial charge is 0.0724 e. The molecule has 0 unspecified atom stereocenters. The zero-order valence-corrected chi connectivity index (χ0v) is 8.76. The summed E-state index contributed by atoms with van der Waals surface area (Å²) < 4.78 is 0. The molecule has 0 aromatic carbocycles. The van der Waals surface area contributed by atoms with Crippen molar-refractivity contribution in [3.05, 3.63) is 23.8 Å². The van der Waals surface area contributed by atoms with Crippen molar-refractivity contribution in [1.29, 1.82) is 0 Å². The standard InChI is InChI=1S/C10H17N3/c1-10(2,3)9-7-12-8(5-11-4)6-13-9/h6-7,11H,5H2,1-4H3. The molecule has 0 amide bonds. The van der Waals surface area contributed by atoms with Gasteiger partial charge in [0.25, 0.3) is 0 Å². The Balaban J connectivity index is 2.81. The molecule has 0 radical (unpaired) electrons. The van der Waals surface area contributed by atoms with Gasteiger partial charge in [-0.05, 0) is 7.05 Å². The lowest BCUT2D eigenvalue weighted by atomic mass is 9.93. The predicted octanol–water partition coefficient (Wildman–Crippen LogP) is 1.49. The minimum atomic E-state index is 0.0885. The summed E-state index contributed by atoms with van der Waals surface area (Å²) in [5.41, 5.74) is 2.10. The first-order valence-electron chi connectivity index (χ1n) is 4.50. The third-order valence-electron chi connectivity index (χ3n) is 1.83. The fourth-order valence-electron chi connectivity index (χ4n) is 1.01. The first kappa shape index (κ1) is 10.1. The van der Waals surface area contributed by atoms with E-state index in [2.05, 4.69) is 36.1 Å². The predicted molar refractivity (Wildman–Crippen MR) is 53.5 cm³/mol. The Bertz CT molecular complexity index is 258. The van der Waals surface area contributed by atoms with Gasteiger partial charge in [-0.2, -0.15) is 0 Å². The van der Waals surface area contributed by atoms with Gasteiger partial charge >= 0.3 is 0 Å². The van der Waals surface area contributed by atoms with Crippen LogP contribution in [0.4, 0.5) is 0 Å². The Morgan fingerprint density at radius 2 is 1.92 bits per heavy atom. The van der Waals surface area contributed by atoms with E-state index in [1.807, 2.05) is 19.4 Å². The molecule has 1 rings (SSSR count). The zero-order valence-electron chi connectivity index (χ0n) is 8.76. The summed E-state index contributed by atoms with van der Waals surface area (Å²) in [7, 11) is 1.90. The third kappa shape index (κ3) is 2.77. The van der Waals surface area contributed by atoms with Crippen LogP contribution < -0.4 is 5.32 Å². The Hall–Kier alpha value is -0.960. The van der Waals surface area contributed by atoms with Crippen LogP contribution >= 0.6 is 0 Å². The first-order chi connectivity index (χ1) is 6.04. The van der Waals surface area contributed by atoms with Gasteiger partial charge in [-0.15, -0.1) is 0 Å². The van der Waals surface area contributed by atoms with Gasteiger partial charge in [-0.1, -0.05) is 20.8 Å². The molecule has 13 heavy (non-hydrogen) atoms. The topological polar surface area (TPSA) is 37.8 Å². The van der Waals surface area contributed by atoms with Crippen LogP contribution in [0.2, 0.25) is 0 Å². The summed E-state index contributed by atoms with van der Waals surface area (Å²) in [5.74, 6) is 0. The van der Waals surface area contributed by atoms with E-state index in [0.29, 0.717) is 0 Å². The molecule has 3 heteroatoms. The minimum absolute atomic E-state index is 0.0885. The van der Waals surface area contributed by atoms with Crippen LogP contribution in [0.3, 0.4) is 0 Å². The van der Waals surface area contributed by atoms with Crippen LogP contribution in [0.1, 0.15) is 32.2 Å². The number of rotatable bonds is 2. The molecule has 0 aliphatic rings. The van der Waals surface area contributed by atoms with E-state index in [-0.39, 0.29) is 5.41 Å². The first-order valence-corrected chi connectivity index (χ1v) is 4.50. The number of hydrogen-bond donors (Lipinski definition) is 1. The van der Waals surface area contributed by atoms with Crippen molar-refractivity contribution in [1.82, 2.24) is 15.3 Å². The van der Waals surface area contributed by atoms with Gasteiger partial charge in [0.1, 0.15) is 0 Å². The average Bonchev–Trinajstić information content (AvgIpc) is 2.04. The van der Waals surface area contributed by atoms with E-state index < -0.39 is 0 Å². The van der Waals surface area contributed by atoms with Gasteiger partial charge in [-0.3, -0.25) is 9.97 Å². The highest BCUT2D eigenvalue weighted by molar-refractivity contribution is 5.10. The molecule has 0 fully saturated rings. The normalized spacial score (nSPS) is 11.7. The summed E-state index contributed by atoms with van der Waals surface area (Å²) in [6.07, 6.45) is 3.68. The van der Waals surface area contributed by atoms with Crippen molar-refractivity contribution in [3.8, 4) is 0 Å². The number of hydrogen-bond acceptors (Lipinski definition) is 3. The molecule has 0 saturated carbocycles. The fraction of sp³-hybridized carbons (Fsp3) is 0.600. The summed E-state index contributed by atoms with van der Waals surface area (Å²) >= 11 is 0. The van der Waals surface area contributed by atoms with Crippen molar-refractivity contribution in [2.24, 2.45) is 0 Å². The second-order valence-electron chi connectivity index (χ2n) is 4.17. The van der Waals surface area contributed by atoms with Crippen LogP contribution in [-0.4, -0.2) is 17.0 Å². The third-order valence-corrected chi connectivity index (χ3v) is 1.83. The van der Waals surface area contributed by atoms with Crippen molar-refractivity contribution < 1.29 is 0 Å².